The van der Waals surface area contributed by atoms with Gasteiger partial charge in [0.25, 0.3) is 0 Å². The van der Waals surface area contributed by atoms with Crippen molar-refractivity contribution in [2.45, 2.75) is 32.8 Å². The average molecular weight is 276 g/mol. The molecule has 20 heavy (non-hydrogen) atoms. The zero-order chi connectivity index (χ0) is 14.4. The van der Waals surface area contributed by atoms with Crippen molar-refractivity contribution in [1.82, 2.24) is 10.2 Å². The smallest absolute Gasteiger partial charge is 0.0916 e. The summed E-state index contributed by atoms with van der Waals surface area (Å²) in [4.78, 5) is 2.39. The maximum Gasteiger partial charge on any atom is 0.0916 e. The Balaban J connectivity index is 1.86. The van der Waals surface area contributed by atoms with Gasteiger partial charge in [-0.25, -0.2) is 0 Å². The summed E-state index contributed by atoms with van der Waals surface area (Å²) in [5.41, 5.74) is 2.27. The van der Waals surface area contributed by atoms with Crippen LogP contribution in [0.4, 0.5) is 0 Å². The standard InChI is InChI=1S/C17H28N2O/c1-3-19(12-15-8-10-18-11-9-15)13-17(20)16-6-4-14(2)5-7-16/h4-7,15,17-18,20H,3,8-13H2,1-2H3. The molecule has 1 atom stereocenters. The maximum absolute atomic E-state index is 10.4. The van der Waals surface area contributed by atoms with Crippen LogP contribution in [0.3, 0.4) is 0 Å². The minimum Gasteiger partial charge on any atom is -0.387 e. The van der Waals surface area contributed by atoms with Gasteiger partial charge in [-0.15, -0.1) is 0 Å². The number of hydrogen-bond acceptors (Lipinski definition) is 3. The Kier molecular flexibility index (Phi) is 6.02. The predicted octanol–water partition coefficient (Wildman–Crippen LogP) is 2.35. The number of nitrogens with one attached hydrogen (secondary N) is 1. The molecule has 2 rings (SSSR count). The molecule has 0 saturated carbocycles. The summed E-state index contributed by atoms with van der Waals surface area (Å²) >= 11 is 0. The van der Waals surface area contributed by atoms with Crippen LogP contribution in [0.15, 0.2) is 24.3 Å². The number of aryl methyl sites for hydroxylation is 1. The molecule has 0 aromatic heterocycles. The Morgan fingerprint density at radius 2 is 1.90 bits per heavy atom. The van der Waals surface area contributed by atoms with Gasteiger partial charge >= 0.3 is 0 Å². The quantitative estimate of drug-likeness (QED) is 0.837. The van der Waals surface area contributed by atoms with E-state index in [2.05, 4.69) is 36.2 Å². The zero-order valence-corrected chi connectivity index (χ0v) is 12.8. The molecule has 0 amide bonds. The molecule has 0 radical (unpaired) electrons. The lowest BCUT2D eigenvalue weighted by molar-refractivity contribution is 0.102. The number of piperidine rings is 1. The van der Waals surface area contributed by atoms with Gasteiger partial charge in [-0.2, -0.15) is 0 Å². The van der Waals surface area contributed by atoms with Crippen molar-refractivity contribution in [3.8, 4) is 0 Å². The first-order valence-electron chi connectivity index (χ1n) is 7.86. The van der Waals surface area contributed by atoms with Gasteiger partial charge in [0.2, 0.25) is 0 Å². The summed E-state index contributed by atoms with van der Waals surface area (Å²) in [7, 11) is 0. The zero-order valence-electron chi connectivity index (χ0n) is 12.8. The number of benzene rings is 1. The van der Waals surface area contributed by atoms with Crippen molar-refractivity contribution in [3.05, 3.63) is 35.4 Å². The van der Waals surface area contributed by atoms with Gasteiger partial charge < -0.3 is 15.3 Å². The lowest BCUT2D eigenvalue weighted by atomic mass is 9.97. The molecule has 1 fully saturated rings. The van der Waals surface area contributed by atoms with Gasteiger partial charge in [-0.3, -0.25) is 0 Å². The summed E-state index contributed by atoms with van der Waals surface area (Å²) in [6, 6.07) is 8.22. The van der Waals surface area contributed by atoms with E-state index in [9.17, 15) is 5.11 Å². The topological polar surface area (TPSA) is 35.5 Å². The molecule has 3 nitrogen and oxygen atoms in total. The van der Waals surface area contributed by atoms with Crippen LogP contribution in [0.2, 0.25) is 0 Å². The lowest BCUT2D eigenvalue weighted by Gasteiger charge is -2.30. The van der Waals surface area contributed by atoms with Crippen LogP contribution in [0, 0.1) is 12.8 Å². The molecule has 112 valence electrons. The Morgan fingerprint density at radius 1 is 1.25 bits per heavy atom. The molecule has 1 unspecified atom stereocenters. The maximum atomic E-state index is 10.4. The SMILES string of the molecule is CCN(CC1CCNCC1)CC(O)c1ccc(C)cc1. The fourth-order valence-corrected chi connectivity index (χ4v) is 2.90. The molecule has 2 N–H and O–H groups in total. The number of hydrogen-bond donors (Lipinski definition) is 2. The average Bonchev–Trinajstić information content (AvgIpc) is 2.48. The van der Waals surface area contributed by atoms with Crippen LogP contribution >= 0.6 is 0 Å². The largest absolute Gasteiger partial charge is 0.387 e. The van der Waals surface area contributed by atoms with Crippen LogP contribution in [0.25, 0.3) is 0 Å². The van der Waals surface area contributed by atoms with Gasteiger partial charge in [-0.1, -0.05) is 36.8 Å². The number of likely N-dealkylation sites (N-methyl/N-ethyl adjacent to an activating group) is 1. The highest BCUT2D eigenvalue weighted by Gasteiger charge is 2.18. The van der Waals surface area contributed by atoms with Crippen LogP contribution in [0.5, 0.6) is 0 Å². The van der Waals surface area contributed by atoms with Gasteiger partial charge in [0.15, 0.2) is 0 Å². The molecule has 0 bridgehead atoms. The van der Waals surface area contributed by atoms with E-state index in [-0.39, 0.29) is 6.10 Å². The first kappa shape index (κ1) is 15.5. The molecule has 1 aromatic rings. The second-order valence-electron chi connectivity index (χ2n) is 5.97. The highest BCUT2D eigenvalue weighted by Crippen LogP contribution is 2.18. The van der Waals surface area contributed by atoms with Gasteiger partial charge in [0.1, 0.15) is 0 Å². The van der Waals surface area contributed by atoms with Crippen molar-refractivity contribution in [3.63, 3.8) is 0 Å². The van der Waals surface area contributed by atoms with Crippen molar-refractivity contribution in [2.24, 2.45) is 5.92 Å². The fraction of sp³-hybridized carbons (Fsp3) is 0.647. The monoisotopic (exact) mass is 276 g/mol. The van der Waals surface area contributed by atoms with Crippen LogP contribution < -0.4 is 5.32 Å². The van der Waals surface area contributed by atoms with Crippen molar-refractivity contribution in [1.29, 1.82) is 0 Å². The van der Waals surface area contributed by atoms with E-state index in [1.54, 1.807) is 0 Å². The second kappa shape index (κ2) is 7.77. The van der Waals surface area contributed by atoms with Gasteiger partial charge in [0.05, 0.1) is 6.10 Å². The third-order valence-corrected chi connectivity index (χ3v) is 4.32. The number of aliphatic hydroxyl groups is 1. The summed E-state index contributed by atoms with van der Waals surface area (Å²) in [6.45, 7) is 9.40. The van der Waals surface area contributed by atoms with Crippen LogP contribution in [0.1, 0.15) is 37.0 Å². The highest BCUT2D eigenvalue weighted by atomic mass is 16.3. The summed E-state index contributed by atoms with van der Waals surface area (Å²) in [6.07, 6.45) is 2.14. The van der Waals surface area contributed by atoms with Crippen molar-refractivity contribution in [2.75, 3.05) is 32.7 Å². The molecule has 1 heterocycles. The molecule has 0 spiro atoms. The molecular weight excluding hydrogens is 248 g/mol. The molecular formula is C17H28N2O. The Morgan fingerprint density at radius 3 is 2.50 bits per heavy atom. The first-order chi connectivity index (χ1) is 9.69. The Hall–Kier alpha value is -0.900. The molecule has 0 aliphatic carbocycles. The van der Waals surface area contributed by atoms with Crippen LogP contribution in [-0.2, 0) is 0 Å². The molecule has 3 heteroatoms. The van der Waals surface area contributed by atoms with E-state index in [1.165, 1.54) is 18.4 Å². The minimum absolute atomic E-state index is 0.378. The molecule has 1 aliphatic rings. The van der Waals surface area contributed by atoms with E-state index in [0.29, 0.717) is 0 Å². The fourth-order valence-electron chi connectivity index (χ4n) is 2.90. The Labute approximate surface area is 123 Å². The minimum atomic E-state index is -0.378. The van der Waals surface area contributed by atoms with E-state index in [1.807, 2.05) is 12.1 Å². The highest BCUT2D eigenvalue weighted by molar-refractivity contribution is 5.23. The molecule has 1 saturated heterocycles. The number of aliphatic hydroxyl groups excluding tert-OH is 1. The Bertz CT molecular complexity index is 384. The summed E-state index contributed by atoms with van der Waals surface area (Å²) in [5, 5.41) is 13.8. The van der Waals surface area contributed by atoms with E-state index in [0.717, 1.165) is 44.2 Å². The number of nitrogens with zero attached hydrogens (tertiary/aromatic N) is 1. The third kappa shape index (κ3) is 4.58. The van der Waals surface area contributed by atoms with Gasteiger partial charge in [0, 0.05) is 13.1 Å². The normalized spacial score (nSPS) is 18.4. The molecule has 1 aliphatic heterocycles. The van der Waals surface area contributed by atoms with Crippen LogP contribution in [-0.4, -0.2) is 42.7 Å². The van der Waals surface area contributed by atoms with Crippen molar-refractivity contribution < 1.29 is 5.11 Å². The number of rotatable bonds is 6. The summed E-state index contributed by atoms with van der Waals surface area (Å²) < 4.78 is 0. The van der Waals surface area contributed by atoms with E-state index in [4.69, 9.17) is 0 Å². The van der Waals surface area contributed by atoms with E-state index < -0.39 is 0 Å². The summed E-state index contributed by atoms with van der Waals surface area (Å²) in [5.74, 6) is 0.779. The second-order valence-corrected chi connectivity index (χ2v) is 5.97. The lowest BCUT2D eigenvalue weighted by Crippen LogP contribution is -2.37. The third-order valence-electron chi connectivity index (χ3n) is 4.32. The predicted molar refractivity (Wildman–Crippen MR) is 83.8 cm³/mol. The molecule has 1 aromatic carbocycles. The van der Waals surface area contributed by atoms with Crippen molar-refractivity contribution >= 4 is 0 Å². The first-order valence-corrected chi connectivity index (χ1v) is 7.86. The van der Waals surface area contributed by atoms with Gasteiger partial charge in [-0.05, 0) is 50.9 Å². The van der Waals surface area contributed by atoms with E-state index >= 15 is 0 Å².